The van der Waals surface area contributed by atoms with Crippen molar-refractivity contribution < 1.29 is 23.4 Å². The number of sulfonamides is 1. The number of carbonyl (C=O) groups is 1. The Labute approximate surface area is 121 Å². The summed E-state index contributed by atoms with van der Waals surface area (Å²) in [7, 11) is -3.93. The van der Waals surface area contributed by atoms with Gasteiger partial charge in [0.25, 0.3) is 10.0 Å². The lowest BCUT2D eigenvalue weighted by molar-refractivity contribution is 0.0693. The number of aromatic carboxylic acids is 1. The zero-order valence-electron chi connectivity index (χ0n) is 11.1. The van der Waals surface area contributed by atoms with Crippen LogP contribution in [-0.2, 0) is 10.0 Å². The van der Waals surface area contributed by atoms with Crippen LogP contribution in [0.15, 0.2) is 47.4 Å². The first-order valence-electron chi connectivity index (χ1n) is 5.95. The summed E-state index contributed by atoms with van der Waals surface area (Å²) < 4.78 is 26.8. The Balaban J connectivity index is 2.40. The number of nitrogens with one attached hydrogen (secondary N) is 1. The summed E-state index contributed by atoms with van der Waals surface area (Å²) in [5, 5.41) is 18.3. The molecule has 2 rings (SSSR count). The first kappa shape index (κ1) is 14.9. The van der Waals surface area contributed by atoms with Crippen molar-refractivity contribution in [1.82, 2.24) is 0 Å². The molecule has 0 bridgehead atoms. The van der Waals surface area contributed by atoms with Crippen LogP contribution in [0.4, 0.5) is 5.69 Å². The molecule has 3 N–H and O–H groups in total. The summed E-state index contributed by atoms with van der Waals surface area (Å²) in [4.78, 5) is 10.7. The Morgan fingerprint density at radius 2 is 1.86 bits per heavy atom. The Morgan fingerprint density at radius 3 is 2.48 bits per heavy atom. The minimum Gasteiger partial charge on any atom is -0.507 e. The molecule has 110 valence electrons. The molecule has 0 saturated carbocycles. The molecule has 0 aliphatic heterocycles. The van der Waals surface area contributed by atoms with Gasteiger partial charge in [-0.05, 0) is 42.8 Å². The lowest BCUT2D eigenvalue weighted by Crippen LogP contribution is -2.13. The number of carboxylic acids is 1. The first-order valence-corrected chi connectivity index (χ1v) is 7.44. The summed E-state index contributed by atoms with van der Waals surface area (Å²) >= 11 is 0. The van der Waals surface area contributed by atoms with Gasteiger partial charge in [-0.15, -0.1) is 0 Å². The van der Waals surface area contributed by atoms with Crippen molar-refractivity contribution in [1.29, 1.82) is 0 Å². The second-order valence-electron chi connectivity index (χ2n) is 4.46. The van der Waals surface area contributed by atoms with Crippen LogP contribution in [0.3, 0.4) is 0 Å². The summed E-state index contributed by atoms with van der Waals surface area (Å²) in [6, 6.07) is 9.84. The van der Waals surface area contributed by atoms with Gasteiger partial charge in [0.15, 0.2) is 0 Å². The van der Waals surface area contributed by atoms with E-state index >= 15 is 0 Å². The second-order valence-corrected chi connectivity index (χ2v) is 6.14. The Kier molecular flexibility index (Phi) is 3.86. The number of benzene rings is 2. The van der Waals surface area contributed by atoms with E-state index in [2.05, 4.69) is 4.72 Å². The molecule has 2 aromatic rings. The highest BCUT2D eigenvalue weighted by Crippen LogP contribution is 2.23. The van der Waals surface area contributed by atoms with E-state index in [-0.39, 0.29) is 4.90 Å². The predicted molar refractivity (Wildman–Crippen MR) is 77.1 cm³/mol. The molecule has 0 aliphatic rings. The fourth-order valence-electron chi connectivity index (χ4n) is 1.78. The van der Waals surface area contributed by atoms with Gasteiger partial charge in [0.2, 0.25) is 0 Å². The molecule has 6 nitrogen and oxygen atoms in total. The van der Waals surface area contributed by atoms with Crippen molar-refractivity contribution in [3.8, 4) is 5.75 Å². The fraction of sp³-hybridized carbons (Fsp3) is 0.0714. The minimum absolute atomic E-state index is 0.237. The number of aromatic hydroxyl groups is 1. The van der Waals surface area contributed by atoms with Crippen LogP contribution in [0.2, 0.25) is 0 Å². The predicted octanol–water partition coefficient (Wildman–Crippen LogP) is 2.20. The van der Waals surface area contributed by atoms with Crippen LogP contribution in [0, 0.1) is 6.92 Å². The first-order chi connectivity index (χ1) is 9.79. The SMILES string of the molecule is Cc1cccc(NS(=O)(=O)c2ccc(O)c(C(=O)O)c2)c1. The van der Waals surface area contributed by atoms with Gasteiger partial charge in [0.05, 0.1) is 4.90 Å². The van der Waals surface area contributed by atoms with Gasteiger partial charge in [-0.2, -0.15) is 0 Å². The fourth-order valence-corrected chi connectivity index (χ4v) is 2.85. The smallest absolute Gasteiger partial charge is 0.339 e. The van der Waals surface area contributed by atoms with Crippen molar-refractivity contribution in [3.63, 3.8) is 0 Å². The largest absolute Gasteiger partial charge is 0.507 e. The average Bonchev–Trinajstić information content (AvgIpc) is 2.38. The van der Waals surface area contributed by atoms with Crippen molar-refractivity contribution in [2.45, 2.75) is 11.8 Å². The normalized spacial score (nSPS) is 11.1. The quantitative estimate of drug-likeness (QED) is 0.803. The number of phenols is 1. The van der Waals surface area contributed by atoms with E-state index in [0.717, 1.165) is 23.8 Å². The highest BCUT2D eigenvalue weighted by molar-refractivity contribution is 7.92. The van der Waals surface area contributed by atoms with E-state index in [1.54, 1.807) is 18.2 Å². The zero-order chi connectivity index (χ0) is 15.6. The van der Waals surface area contributed by atoms with Gasteiger partial charge in [-0.3, -0.25) is 4.72 Å². The molecule has 0 spiro atoms. The molecule has 0 heterocycles. The van der Waals surface area contributed by atoms with Crippen molar-refractivity contribution in [2.75, 3.05) is 4.72 Å². The van der Waals surface area contributed by atoms with Gasteiger partial charge >= 0.3 is 5.97 Å². The number of rotatable bonds is 4. The van der Waals surface area contributed by atoms with Crippen molar-refractivity contribution in [3.05, 3.63) is 53.6 Å². The lowest BCUT2D eigenvalue weighted by atomic mass is 10.2. The number of hydrogen-bond acceptors (Lipinski definition) is 4. The summed E-state index contributed by atoms with van der Waals surface area (Å²) in [5.41, 5.74) is 0.786. The van der Waals surface area contributed by atoms with E-state index in [0.29, 0.717) is 5.69 Å². The maximum atomic E-state index is 12.2. The Bertz CT molecular complexity index is 799. The van der Waals surface area contributed by atoms with E-state index in [4.69, 9.17) is 5.11 Å². The molecule has 0 aromatic heterocycles. The number of carboxylic acid groups (broad SMARTS) is 1. The molecule has 0 saturated heterocycles. The van der Waals surface area contributed by atoms with Gasteiger partial charge in [-0.1, -0.05) is 12.1 Å². The van der Waals surface area contributed by atoms with Gasteiger partial charge in [-0.25, -0.2) is 13.2 Å². The van der Waals surface area contributed by atoms with Crippen LogP contribution in [0.1, 0.15) is 15.9 Å². The third kappa shape index (κ3) is 3.32. The highest BCUT2D eigenvalue weighted by Gasteiger charge is 2.19. The topological polar surface area (TPSA) is 104 Å². The third-order valence-electron chi connectivity index (χ3n) is 2.78. The summed E-state index contributed by atoms with van der Waals surface area (Å²) in [6.07, 6.45) is 0. The van der Waals surface area contributed by atoms with E-state index in [1.165, 1.54) is 0 Å². The van der Waals surface area contributed by atoms with Gasteiger partial charge in [0.1, 0.15) is 11.3 Å². The monoisotopic (exact) mass is 307 g/mol. The van der Waals surface area contributed by atoms with Crippen molar-refractivity contribution in [2.24, 2.45) is 0 Å². The maximum Gasteiger partial charge on any atom is 0.339 e. The van der Waals surface area contributed by atoms with E-state index < -0.39 is 27.3 Å². The lowest BCUT2D eigenvalue weighted by Gasteiger charge is -2.09. The summed E-state index contributed by atoms with van der Waals surface area (Å²) in [5.74, 6) is -1.89. The van der Waals surface area contributed by atoms with Crippen LogP contribution in [-0.4, -0.2) is 24.6 Å². The summed E-state index contributed by atoms with van der Waals surface area (Å²) in [6.45, 7) is 1.82. The van der Waals surface area contributed by atoms with Gasteiger partial charge in [0, 0.05) is 5.69 Å². The zero-order valence-corrected chi connectivity index (χ0v) is 11.9. The third-order valence-corrected chi connectivity index (χ3v) is 4.16. The number of aryl methyl sites for hydroxylation is 1. The van der Waals surface area contributed by atoms with Crippen LogP contribution in [0.5, 0.6) is 5.75 Å². The number of anilines is 1. The Hall–Kier alpha value is -2.54. The molecular formula is C14H13NO5S. The number of hydrogen-bond donors (Lipinski definition) is 3. The highest BCUT2D eigenvalue weighted by atomic mass is 32.2. The van der Waals surface area contributed by atoms with E-state index in [1.807, 2.05) is 13.0 Å². The van der Waals surface area contributed by atoms with Crippen molar-refractivity contribution >= 4 is 21.7 Å². The molecule has 7 heteroatoms. The minimum atomic E-state index is -3.93. The molecular weight excluding hydrogens is 294 g/mol. The Morgan fingerprint density at radius 1 is 1.14 bits per heavy atom. The van der Waals surface area contributed by atoms with Crippen LogP contribution in [0.25, 0.3) is 0 Å². The molecule has 0 radical (unpaired) electrons. The van der Waals surface area contributed by atoms with Crippen LogP contribution >= 0.6 is 0 Å². The molecule has 0 atom stereocenters. The molecule has 0 fully saturated rings. The molecule has 0 aliphatic carbocycles. The molecule has 2 aromatic carbocycles. The average molecular weight is 307 g/mol. The van der Waals surface area contributed by atoms with E-state index in [9.17, 15) is 18.3 Å². The van der Waals surface area contributed by atoms with Gasteiger partial charge < -0.3 is 10.2 Å². The molecule has 0 amide bonds. The van der Waals surface area contributed by atoms with Crippen LogP contribution < -0.4 is 4.72 Å². The standard InChI is InChI=1S/C14H13NO5S/c1-9-3-2-4-10(7-9)15-21(19,20)11-5-6-13(16)12(8-11)14(17)18/h2-8,15-16H,1H3,(H,17,18). The maximum absolute atomic E-state index is 12.2. The second kappa shape index (κ2) is 5.45. The molecule has 21 heavy (non-hydrogen) atoms. The molecule has 0 unspecified atom stereocenters.